The number of hydrogen-bond donors (Lipinski definition) is 3. The number of imidazole rings is 1. The van der Waals surface area contributed by atoms with E-state index in [1.54, 1.807) is 0 Å². The van der Waals surface area contributed by atoms with Gasteiger partial charge >= 0.3 is 0 Å². The van der Waals surface area contributed by atoms with Crippen molar-refractivity contribution in [3.63, 3.8) is 0 Å². The number of anilines is 3. The van der Waals surface area contributed by atoms with Crippen LogP contribution in [0.15, 0.2) is 48.5 Å². The Balaban J connectivity index is 1.57. The zero-order valence-corrected chi connectivity index (χ0v) is 19.1. The lowest BCUT2D eigenvalue weighted by Crippen LogP contribution is -2.14. The highest BCUT2D eigenvalue weighted by molar-refractivity contribution is 6.31. The zero-order valence-electron chi connectivity index (χ0n) is 18.3. The van der Waals surface area contributed by atoms with Gasteiger partial charge in [0.1, 0.15) is 11.3 Å². The van der Waals surface area contributed by atoms with Gasteiger partial charge in [-0.2, -0.15) is 0 Å². The second-order valence-electron chi connectivity index (χ2n) is 7.81. The summed E-state index contributed by atoms with van der Waals surface area (Å²) < 4.78 is 42.0. The molecule has 0 saturated heterocycles. The number of H-pyrrole nitrogens is 1. The van der Waals surface area contributed by atoms with Gasteiger partial charge in [-0.25, -0.2) is 18.2 Å². The molecule has 3 aromatic carbocycles. The third kappa shape index (κ3) is 4.79. The van der Waals surface area contributed by atoms with Gasteiger partial charge in [0.05, 0.1) is 16.1 Å². The summed E-state index contributed by atoms with van der Waals surface area (Å²) in [5, 5.41) is 5.38. The number of nitrogens with one attached hydrogen (secondary N) is 3. The van der Waals surface area contributed by atoms with E-state index in [4.69, 9.17) is 11.6 Å². The maximum atomic E-state index is 14.4. The van der Waals surface area contributed by atoms with E-state index in [9.17, 15) is 18.0 Å². The van der Waals surface area contributed by atoms with E-state index in [1.807, 2.05) is 43.3 Å². The van der Waals surface area contributed by atoms with E-state index in [-0.39, 0.29) is 33.3 Å². The molecule has 0 aliphatic rings. The summed E-state index contributed by atoms with van der Waals surface area (Å²) in [5.74, 6) is -3.57. The number of carbonyl (C=O) groups is 1. The number of nitrogens with zero attached hydrogens (tertiary/aromatic N) is 2. The monoisotopic (exact) mass is 487 g/mol. The molecule has 0 spiro atoms. The Labute approximate surface area is 198 Å². The van der Waals surface area contributed by atoms with Crippen molar-refractivity contribution in [1.82, 2.24) is 9.97 Å². The van der Waals surface area contributed by atoms with Crippen molar-refractivity contribution in [2.75, 3.05) is 36.2 Å². The number of hydrogen-bond acceptors (Lipinski definition) is 4. The molecule has 176 valence electrons. The van der Waals surface area contributed by atoms with Crippen LogP contribution in [0.1, 0.15) is 15.9 Å². The number of carbonyl (C=O) groups excluding carboxylic acids is 1. The first kappa shape index (κ1) is 23.4. The van der Waals surface area contributed by atoms with Gasteiger partial charge in [-0.3, -0.25) is 4.79 Å². The topological polar surface area (TPSA) is 73.1 Å². The van der Waals surface area contributed by atoms with Crippen LogP contribution in [0.5, 0.6) is 0 Å². The van der Waals surface area contributed by atoms with E-state index in [1.165, 1.54) is 12.1 Å². The lowest BCUT2D eigenvalue weighted by molar-refractivity contribution is 0.102. The van der Waals surface area contributed by atoms with E-state index >= 15 is 0 Å². The third-order valence-corrected chi connectivity index (χ3v) is 5.53. The van der Waals surface area contributed by atoms with Crippen molar-refractivity contribution in [2.24, 2.45) is 0 Å². The highest BCUT2D eigenvalue weighted by Gasteiger charge is 2.21. The summed E-state index contributed by atoms with van der Waals surface area (Å²) >= 11 is 5.74. The Morgan fingerprint density at radius 3 is 2.59 bits per heavy atom. The van der Waals surface area contributed by atoms with Crippen molar-refractivity contribution in [3.8, 4) is 0 Å². The molecule has 1 amide bonds. The molecule has 0 saturated carbocycles. The molecule has 0 unspecified atom stereocenters. The number of halogens is 4. The second kappa shape index (κ2) is 9.64. The number of para-hydroxylation sites is 1. The average Bonchev–Trinajstić information content (AvgIpc) is 3.23. The predicted octanol–water partition coefficient (Wildman–Crippen LogP) is 5.61. The van der Waals surface area contributed by atoms with Gasteiger partial charge in [0.2, 0.25) is 5.95 Å². The Kier molecular flexibility index (Phi) is 6.65. The highest BCUT2D eigenvalue weighted by Crippen LogP contribution is 2.26. The number of aromatic nitrogens is 2. The third-order valence-electron chi connectivity index (χ3n) is 5.24. The number of aromatic amines is 1. The summed E-state index contributed by atoms with van der Waals surface area (Å²) in [4.78, 5) is 21.7. The van der Waals surface area contributed by atoms with Gasteiger partial charge in [-0.1, -0.05) is 29.8 Å². The van der Waals surface area contributed by atoms with Crippen LogP contribution in [0.25, 0.3) is 11.0 Å². The minimum atomic E-state index is -1.22. The van der Waals surface area contributed by atoms with E-state index in [0.717, 1.165) is 23.4 Å². The summed E-state index contributed by atoms with van der Waals surface area (Å²) in [6.07, 6.45) is 0.654. The maximum Gasteiger partial charge on any atom is 0.257 e. The van der Waals surface area contributed by atoms with E-state index in [2.05, 4.69) is 20.6 Å². The van der Waals surface area contributed by atoms with Gasteiger partial charge in [0, 0.05) is 32.0 Å². The van der Waals surface area contributed by atoms with Gasteiger partial charge in [-0.15, -0.1) is 0 Å². The summed E-state index contributed by atoms with van der Waals surface area (Å²) in [7, 11) is 3.91. The Morgan fingerprint density at radius 1 is 1.09 bits per heavy atom. The molecular weight excluding hydrogens is 467 g/mol. The fourth-order valence-electron chi connectivity index (χ4n) is 3.61. The van der Waals surface area contributed by atoms with Crippen molar-refractivity contribution in [1.29, 1.82) is 0 Å². The Bertz CT molecular complexity index is 1370. The number of fused-ring (bicyclic) bond motifs is 1. The van der Waals surface area contributed by atoms with Gasteiger partial charge in [0.15, 0.2) is 11.6 Å². The van der Waals surface area contributed by atoms with Crippen molar-refractivity contribution in [3.05, 3.63) is 82.1 Å². The van der Waals surface area contributed by atoms with Gasteiger partial charge < -0.3 is 20.5 Å². The van der Waals surface area contributed by atoms with Crippen LogP contribution < -0.4 is 15.5 Å². The first-order valence-corrected chi connectivity index (χ1v) is 10.8. The summed E-state index contributed by atoms with van der Waals surface area (Å²) in [6.45, 7) is 0.463. The molecular formula is C24H21ClF3N5O. The molecule has 0 aliphatic heterocycles. The molecule has 0 atom stereocenters. The van der Waals surface area contributed by atoms with Crippen LogP contribution in [0, 0.1) is 17.5 Å². The molecule has 0 bridgehead atoms. The van der Waals surface area contributed by atoms with Crippen molar-refractivity contribution >= 4 is 45.9 Å². The van der Waals surface area contributed by atoms with Crippen molar-refractivity contribution in [2.45, 2.75) is 6.42 Å². The highest BCUT2D eigenvalue weighted by atomic mass is 35.5. The Hall–Kier alpha value is -3.72. The number of rotatable bonds is 7. The van der Waals surface area contributed by atoms with Crippen LogP contribution in [-0.2, 0) is 6.42 Å². The molecule has 6 nitrogen and oxygen atoms in total. The number of amides is 1. The molecule has 1 heterocycles. The lowest BCUT2D eigenvalue weighted by atomic mass is 10.1. The fourth-order valence-corrected chi connectivity index (χ4v) is 3.79. The molecule has 4 aromatic rings. The minimum absolute atomic E-state index is 0.0285. The Morgan fingerprint density at radius 2 is 1.85 bits per heavy atom. The lowest BCUT2D eigenvalue weighted by Gasteiger charge is -2.17. The van der Waals surface area contributed by atoms with Gasteiger partial charge in [-0.05, 0) is 42.3 Å². The summed E-state index contributed by atoms with van der Waals surface area (Å²) in [6, 6.07) is 12.3. The van der Waals surface area contributed by atoms with Gasteiger partial charge in [0.25, 0.3) is 5.91 Å². The number of benzene rings is 3. The van der Waals surface area contributed by atoms with Crippen LogP contribution in [0.3, 0.4) is 0 Å². The zero-order chi connectivity index (χ0) is 24.4. The molecule has 1 aromatic heterocycles. The maximum absolute atomic E-state index is 14.4. The van der Waals surface area contributed by atoms with E-state index in [0.29, 0.717) is 13.0 Å². The van der Waals surface area contributed by atoms with Crippen LogP contribution in [0.2, 0.25) is 5.02 Å². The molecule has 10 heteroatoms. The smallest absolute Gasteiger partial charge is 0.257 e. The van der Waals surface area contributed by atoms with Crippen LogP contribution in [0.4, 0.5) is 30.5 Å². The predicted molar refractivity (Wildman–Crippen MR) is 128 cm³/mol. The summed E-state index contributed by atoms with van der Waals surface area (Å²) in [5.41, 5.74) is 1.94. The van der Waals surface area contributed by atoms with Crippen LogP contribution >= 0.6 is 11.6 Å². The average molecular weight is 488 g/mol. The second-order valence-corrected chi connectivity index (χ2v) is 8.22. The van der Waals surface area contributed by atoms with Crippen molar-refractivity contribution < 1.29 is 18.0 Å². The fraction of sp³-hybridized carbons (Fsp3) is 0.167. The first-order valence-electron chi connectivity index (χ1n) is 10.4. The molecule has 0 aliphatic carbocycles. The molecule has 0 radical (unpaired) electrons. The molecule has 34 heavy (non-hydrogen) atoms. The molecule has 4 rings (SSSR count). The SMILES string of the molecule is CN(C)c1ccccc1CCNc1nc2c(F)c(F)cc(C(=O)Nc3ccc(F)c(Cl)c3)c2[nH]1. The minimum Gasteiger partial charge on any atom is -0.377 e. The molecule has 3 N–H and O–H groups in total. The quantitative estimate of drug-likeness (QED) is 0.317. The standard InChI is InChI=1S/C24H21ClF3N5O/c1-33(2)19-6-4-3-5-13(19)9-10-29-24-31-21-15(12-18(27)20(28)22(21)32-24)23(34)30-14-7-8-17(26)16(25)11-14/h3-8,11-12H,9-10H2,1-2H3,(H,30,34)(H2,29,31,32). The van der Waals surface area contributed by atoms with Crippen LogP contribution in [-0.4, -0.2) is 36.5 Å². The first-order chi connectivity index (χ1) is 16.2. The largest absolute Gasteiger partial charge is 0.377 e. The molecule has 0 fully saturated rings. The normalized spacial score (nSPS) is 11.0. The van der Waals surface area contributed by atoms with E-state index < -0.39 is 23.4 Å².